The van der Waals surface area contributed by atoms with E-state index in [-0.39, 0.29) is 12.7 Å². The molecule has 1 aliphatic rings. The summed E-state index contributed by atoms with van der Waals surface area (Å²) < 4.78 is 26.0. The Morgan fingerprint density at radius 2 is 2.17 bits per heavy atom. The number of piperidine rings is 1. The first-order valence-corrected chi connectivity index (χ1v) is 4.06. The molecule has 0 radical (unpaired) electrons. The van der Waals surface area contributed by atoms with Crippen molar-refractivity contribution in [3.63, 3.8) is 0 Å². The Balaban J connectivity index is 2.57. The van der Waals surface area contributed by atoms with Gasteiger partial charge in [-0.2, -0.15) is 0 Å². The second kappa shape index (κ2) is 3.24. The Kier molecular flexibility index (Phi) is 2.65. The van der Waals surface area contributed by atoms with Gasteiger partial charge < -0.3 is 11.5 Å². The van der Waals surface area contributed by atoms with Crippen molar-refractivity contribution >= 4 is 0 Å². The first-order chi connectivity index (χ1) is 5.43. The van der Waals surface area contributed by atoms with E-state index in [0.29, 0.717) is 13.0 Å². The van der Waals surface area contributed by atoms with Gasteiger partial charge in [0.2, 0.25) is 0 Å². The third-order valence-corrected chi connectivity index (χ3v) is 2.26. The van der Waals surface area contributed by atoms with Gasteiger partial charge in [-0.05, 0) is 13.3 Å². The molecule has 0 aromatic carbocycles. The Hall–Kier alpha value is -0.260. The summed E-state index contributed by atoms with van der Waals surface area (Å²) in [6.45, 7) is 1.95. The maximum absolute atomic E-state index is 13.0. The van der Waals surface area contributed by atoms with Gasteiger partial charge in [-0.15, -0.1) is 0 Å². The average molecular weight is 179 g/mol. The van der Waals surface area contributed by atoms with E-state index in [1.165, 1.54) is 0 Å². The van der Waals surface area contributed by atoms with Crippen molar-refractivity contribution in [2.45, 2.75) is 31.5 Å². The largest absolute Gasteiger partial charge is 0.323 e. The monoisotopic (exact) mass is 179 g/mol. The van der Waals surface area contributed by atoms with E-state index >= 15 is 0 Å². The van der Waals surface area contributed by atoms with E-state index < -0.39 is 12.0 Å². The Morgan fingerprint density at radius 1 is 1.58 bits per heavy atom. The highest BCUT2D eigenvalue weighted by Gasteiger charge is 2.42. The summed E-state index contributed by atoms with van der Waals surface area (Å²) in [5.74, 6) is -2.79. The number of nitrogens with zero attached hydrogens (tertiary/aromatic N) is 1. The van der Waals surface area contributed by atoms with Crippen molar-refractivity contribution in [2.75, 3.05) is 13.1 Å². The first kappa shape index (κ1) is 9.83. The van der Waals surface area contributed by atoms with Crippen molar-refractivity contribution in [1.82, 2.24) is 4.90 Å². The van der Waals surface area contributed by atoms with Crippen LogP contribution in [0.2, 0.25) is 0 Å². The van der Waals surface area contributed by atoms with Gasteiger partial charge in [0.1, 0.15) is 0 Å². The van der Waals surface area contributed by atoms with Crippen LogP contribution >= 0.6 is 0 Å². The van der Waals surface area contributed by atoms with Crippen LogP contribution in [0.15, 0.2) is 0 Å². The minimum atomic E-state index is -2.79. The zero-order valence-corrected chi connectivity index (χ0v) is 7.13. The van der Waals surface area contributed by atoms with E-state index in [1.54, 1.807) is 11.8 Å². The molecule has 0 amide bonds. The van der Waals surface area contributed by atoms with Crippen LogP contribution in [-0.2, 0) is 0 Å². The third kappa shape index (κ3) is 1.91. The fourth-order valence-corrected chi connectivity index (χ4v) is 1.33. The van der Waals surface area contributed by atoms with E-state index in [4.69, 9.17) is 11.5 Å². The predicted molar refractivity (Wildman–Crippen MR) is 42.8 cm³/mol. The van der Waals surface area contributed by atoms with E-state index in [9.17, 15) is 8.78 Å². The van der Waals surface area contributed by atoms with Crippen molar-refractivity contribution < 1.29 is 8.78 Å². The summed E-state index contributed by atoms with van der Waals surface area (Å²) in [6.07, 6.45) is -0.00229. The second-order valence-corrected chi connectivity index (χ2v) is 3.37. The van der Waals surface area contributed by atoms with Crippen LogP contribution < -0.4 is 11.5 Å². The molecule has 3 nitrogen and oxygen atoms in total. The van der Waals surface area contributed by atoms with Gasteiger partial charge in [-0.3, -0.25) is 4.90 Å². The standard InChI is InChI=1S/C7H15F2N3/c1-5(10)12-3-2-6(11)7(8,9)4-12/h5-6H,2-4,10-11H2,1H3. The molecule has 4 N–H and O–H groups in total. The Bertz CT molecular complexity index is 161. The number of likely N-dealkylation sites (tertiary alicyclic amines) is 1. The fraction of sp³-hybridized carbons (Fsp3) is 1.00. The number of hydrogen-bond donors (Lipinski definition) is 2. The highest BCUT2D eigenvalue weighted by atomic mass is 19.3. The lowest BCUT2D eigenvalue weighted by atomic mass is 10.0. The normalized spacial score (nSPS) is 33.2. The minimum Gasteiger partial charge on any atom is -0.323 e. The van der Waals surface area contributed by atoms with Gasteiger partial charge in [0.25, 0.3) is 5.92 Å². The van der Waals surface area contributed by atoms with Crippen LogP contribution in [0.4, 0.5) is 8.78 Å². The van der Waals surface area contributed by atoms with Gasteiger partial charge in [-0.1, -0.05) is 0 Å². The second-order valence-electron chi connectivity index (χ2n) is 3.37. The molecule has 1 aliphatic heterocycles. The lowest BCUT2D eigenvalue weighted by molar-refractivity contribution is -0.0876. The lowest BCUT2D eigenvalue weighted by Gasteiger charge is -2.38. The molecule has 1 rings (SSSR count). The first-order valence-electron chi connectivity index (χ1n) is 4.06. The highest BCUT2D eigenvalue weighted by molar-refractivity contribution is 4.89. The highest BCUT2D eigenvalue weighted by Crippen LogP contribution is 2.25. The molecule has 1 heterocycles. The van der Waals surface area contributed by atoms with Crippen LogP contribution in [0.3, 0.4) is 0 Å². The van der Waals surface area contributed by atoms with Crippen molar-refractivity contribution in [3.05, 3.63) is 0 Å². The summed E-state index contributed by atoms with van der Waals surface area (Å²) in [7, 11) is 0. The van der Waals surface area contributed by atoms with Crippen LogP contribution in [0.25, 0.3) is 0 Å². The molecular formula is C7H15F2N3. The molecule has 0 aromatic heterocycles. The quantitative estimate of drug-likeness (QED) is 0.594. The molecule has 1 saturated heterocycles. The molecule has 0 spiro atoms. The van der Waals surface area contributed by atoms with Gasteiger partial charge >= 0.3 is 0 Å². The summed E-state index contributed by atoms with van der Waals surface area (Å²) in [5.41, 5.74) is 10.7. The molecule has 2 unspecified atom stereocenters. The van der Waals surface area contributed by atoms with Crippen molar-refractivity contribution in [2.24, 2.45) is 11.5 Å². The summed E-state index contributed by atoms with van der Waals surface area (Å²) in [6, 6.07) is -1.01. The zero-order valence-electron chi connectivity index (χ0n) is 7.13. The predicted octanol–water partition coefficient (Wildman–Crippen LogP) is -0.0406. The van der Waals surface area contributed by atoms with Gasteiger partial charge in [-0.25, -0.2) is 8.78 Å². The average Bonchev–Trinajstić information content (AvgIpc) is 1.94. The summed E-state index contributed by atoms with van der Waals surface area (Å²) in [4.78, 5) is 1.54. The molecule has 0 saturated carbocycles. The molecule has 1 fully saturated rings. The molecule has 0 bridgehead atoms. The minimum absolute atomic E-state index is 0.314. The van der Waals surface area contributed by atoms with E-state index in [1.807, 2.05) is 0 Å². The fourth-order valence-electron chi connectivity index (χ4n) is 1.33. The molecule has 72 valence electrons. The Labute approximate surface area is 70.7 Å². The van der Waals surface area contributed by atoms with Gasteiger partial charge in [0.15, 0.2) is 0 Å². The Morgan fingerprint density at radius 3 is 2.58 bits per heavy atom. The lowest BCUT2D eigenvalue weighted by Crippen LogP contribution is -2.58. The van der Waals surface area contributed by atoms with Crippen molar-refractivity contribution in [3.8, 4) is 0 Å². The maximum Gasteiger partial charge on any atom is 0.275 e. The molecule has 0 aliphatic carbocycles. The van der Waals surface area contributed by atoms with Gasteiger partial charge in [0, 0.05) is 6.54 Å². The van der Waals surface area contributed by atoms with Gasteiger partial charge in [0.05, 0.1) is 18.8 Å². The molecule has 12 heavy (non-hydrogen) atoms. The molecular weight excluding hydrogens is 164 g/mol. The van der Waals surface area contributed by atoms with E-state index in [0.717, 1.165) is 0 Å². The SMILES string of the molecule is CC(N)N1CCC(N)C(F)(F)C1. The summed E-state index contributed by atoms with van der Waals surface area (Å²) in [5, 5.41) is 0. The summed E-state index contributed by atoms with van der Waals surface area (Å²) >= 11 is 0. The topological polar surface area (TPSA) is 55.3 Å². The molecule has 5 heteroatoms. The number of halogens is 2. The number of hydrogen-bond acceptors (Lipinski definition) is 3. The number of alkyl halides is 2. The maximum atomic E-state index is 13.0. The van der Waals surface area contributed by atoms with Crippen LogP contribution in [0.5, 0.6) is 0 Å². The smallest absolute Gasteiger partial charge is 0.275 e. The number of nitrogens with two attached hydrogens (primary N) is 2. The van der Waals surface area contributed by atoms with Crippen LogP contribution in [-0.4, -0.2) is 36.1 Å². The van der Waals surface area contributed by atoms with Crippen LogP contribution in [0, 0.1) is 0 Å². The van der Waals surface area contributed by atoms with Crippen molar-refractivity contribution in [1.29, 1.82) is 0 Å². The van der Waals surface area contributed by atoms with E-state index in [2.05, 4.69) is 0 Å². The van der Waals surface area contributed by atoms with Crippen LogP contribution in [0.1, 0.15) is 13.3 Å². The number of rotatable bonds is 1. The zero-order chi connectivity index (χ0) is 9.35. The third-order valence-electron chi connectivity index (χ3n) is 2.26. The molecule has 2 atom stereocenters. The molecule has 0 aromatic rings.